The van der Waals surface area contributed by atoms with E-state index in [4.69, 9.17) is 31.9 Å². The number of ether oxygens (including phenoxy) is 1. The highest BCUT2D eigenvalue weighted by molar-refractivity contribution is 6.37. The first-order valence-corrected chi connectivity index (χ1v) is 13.7. The number of amides is 1. The number of hydrogen-bond donors (Lipinski definition) is 4. The molecule has 1 aliphatic heterocycles. The number of aliphatic hydroxyl groups is 1. The Kier molecular flexibility index (Phi) is 9.26. The van der Waals surface area contributed by atoms with Crippen molar-refractivity contribution in [1.29, 1.82) is 0 Å². The molecule has 43 heavy (non-hydrogen) atoms. The SMILES string of the molecule is CC.[B]C([B])(O)Oc1cc(F)c(-c2cc(Cc3cnc4c(N)nccn34)c(N3CCCC(N)(C(=O)NC)C3)cn2)cc1F. The van der Waals surface area contributed by atoms with Gasteiger partial charge < -0.3 is 31.5 Å². The number of piperidine rings is 1. The van der Waals surface area contributed by atoms with Gasteiger partial charge >= 0.3 is 0 Å². The van der Waals surface area contributed by atoms with Crippen molar-refractivity contribution in [3.63, 3.8) is 0 Å². The Hall–Kier alpha value is -4.23. The molecular formula is C28H32B2F2N8O3. The van der Waals surface area contributed by atoms with Crippen LogP contribution in [0.3, 0.4) is 0 Å². The zero-order chi connectivity index (χ0) is 31.5. The van der Waals surface area contributed by atoms with Crippen LogP contribution in [0.2, 0.25) is 0 Å². The lowest BCUT2D eigenvalue weighted by Crippen LogP contribution is -2.62. The number of imidazole rings is 1. The number of nitrogen functional groups attached to an aromatic ring is 1. The molecule has 6 N–H and O–H groups in total. The van der Waals surface area contributed by atoms with Crippen molar-refractivity contribution in [2.75, 3.05) is 30.8 Å². The summed E-state index contributed by atoms with van der Waals surface area (Å²) in [4.78, 5) is 27.4. The van der Waals surface area contributed by atoms with Gasteiger partial charge in [0.15, 0.2) is 38.7 Å². The highest BCUT2D eigenvalue weighted by atomic mass is 19.1. The summed E-state index contributed by atoms with van der Waals surface area (Å²) in [7, 11) is 11.8. The number of nitrogens with two attached hydrogens (primary N) is 2. The normalized spacial score (nSPS) is 16.9. The number of likely N-dealkylation sites (N-methyl/N-ethyl adjacent to an activating group) is 1. The van der Waals surface area contributed by atoms with Gasteiger partial charge in [-0.2, -0.15) is 0 Å². The van der Waals surface area contributed by atoms with E-state index in [1.54, 1.807) is 35.3 Å². The highest BCUT2D eigenvalue weighted by Gasteiger charge is 2.38. The van der Waals surface area contributed by atoms with Crippen molar-refractivity contribution in [2.24, 2.45) is 5.73 Å². The molecule has 4 radical (unpaired) electrons. The van der Waals surface area contributed by atoms with E-state index in [-0.39, 0.29) is 29.5 Å². The summed E-state index contributed by atoms with van der Waals surface area (Å²) in [5, 5.41) is 12.1. The second-order valence-electron chi connectivity index (χ2n) is 10.0. The number of benzene rings is 1. The molecule has 5 rings (SSSR count). The predicted octanol–water partition coefficient (Wildman–Crippen LogP) is 1.63. The minimum absolute atomic E-state index is 0.125. The van der Waals surface area contributed by atoms with Crippen molar-refractivity contribution in [1.82, 2.24) is 24.7 Å². The molecule has 1 aromatic carbocycles. The van der Waals surface area contributed by atoms with E-state index in [1.807, 2.05) is 18.7 Å². The van der Waals surface area contributed by atoms with Crippen LogP contribution in [-0.4, -0.2) is 77.3 Å². The Balaban J connectivity index is 0.00000207. The molecule has 15 heteroatoms. The van der Waals surface area contributed by atoms with Crippen molar-refractivity contribution >= 4 is 38.8 Å². The van der Waals surface area contributed by atoms with E-state index in [9.17, 15) is 14.3 Å². The minimum atomic E-state index is -2.70. The highest BCUT2D eigenvalue weighted by Crippen LogP contribution is 2.34. The number of fused-ring (bicyclic) bond motifs is 1. The average molecular weight is 588 g/mol. The number of carbonyl (C=O) groups excluding carboxylic acids is 1. The second kappa shape index (κ2) is 12.6. The van der Waals surface area contributed by atoms with Crippen LogP contribution in [0.5, 0.6) is 5.75 Å². The molecule has 1 fully saturated rings. The summed E-state index contributed by atoms with van der Waals surface area (Å²) in [6, 6.07) is 3.23. The molecule has 1 atom stereocenters. The third-order valence-electron chi connectivity index (χ3n) is 6.98. The van der Waals surface area contributed by atoms with Crippen LogP contribution in [0.15, 0.2) is 43.0 Å². The van der Waals surface area contributed by atoms with Gasteiger partial charge in [0.05, 0.1) is 17.6 Å². The van der Waals surface area contributed by atoms with Gasteiger partial charge in [-0.25, -0.2) is 18.7 Å². The summed E-state index contributed by atoms with van der Waals surface area (Å²) >= 11 is 0. The van der Waals surface area contributed by atoms with Crippen molar-refractivity contribution in [2.45, 2.75) is 44.2 Å². The van der Waals surface area contributed by atoms with E-state index >= 15 is 4.39 Å². The number of rotatable bonds is 7. The number of hydrogen-bond acceptors (Lipinski definition) is 9. The Morgan fingerprint density at radius 3 is 2.63 bits per heavy atom. The summed E-state index contributed by atoms with van der Waals surface area (Å²) < 4.78 is 36.5. The molecule has 4 aromatic rings. The van der Waals surface area contributed by atoms with E-state index in [2.05, 4.69) is 20.3 Å². The first-order valence-electron chi connectivity index (χ1n) is 13.7. The van der Waals surface area contributed by atoms with Gasteiger partial charge in [0.1, 0.15) is 16.9 Å². The average Bonchev–Trinajstić information content (AvgIpc) is 3.38. The summed E-state index contributed by atoms with van der Waals surface area (Å²) in [6.07, 6.45) is 7.91. The second-order valence-corrected chi connectivity index (χ2v) is 10.0. The van der Waals surface area contributed by atoms with E-state index in [0.717, 1.165) is 17.8 Å². The summed E-state index contributed by atoms with van der Waals surface area (Å²) in [5.41, 5.74) is 11.2. The molecular weight excluding hydrogens is 556 g/mol. The van der Waals surface area contributed by atoms with Gasteiger partial charge in [-0.1, -0.05) is 13.8 Å². The van der Waals surface area contributed by atoms with Crippen LogP contribution < -0.4 is 26.4 Å². The maximum absolute atomic E-state index is 15.2. The molecule has 0 aliphatic carbocycles. The van der Waals surface area contributed by atoms with Crippen LogP contribution in [0.1, 0.15) is 37.9 Å². The maximum Gasteiger partial charge on any atom is 0.241 e. The molecule has 0 spiro atoms. The van der Waals surface area contributed by atoms with Crippen LogP contribution in [0.25, 0.3) is 16.9 Å². The lowest BCUT2D eigenvalue weighted by atomic mass is 9.76. The fourth-order valence-corrected chi connectivity index (χ4v) is 5.08. The molecule has 1 aliphatic rings. The smallest absolute Gasteiger partial charge is 0.241 e. The van der Waals surface area contributed by atoms with Crippen molar-refractivity contribution < 1.29 is 23.4 Å². The van der Waals surface area contributed by atoms with E-state index < -0.39 is 28.5 Å². The Labute approximate surface area is 250 Å². The summed E-state index contributed by atoms with van der Waals surface area (Å²) in [5.74, 6) is -2.59. The van der Waals surface area contributed by atoms with Gasteiger partial charge in [0.2, 0.25) is 5.91 Å². The van der Waals surface area contributed by atoms with E-state index in [1.165, 1.54) is 7.05 Å². The molecule has 0 bridgehead atoms. The standard InChI is InChI=1S/C26H26B2F2N8O3.C2H6/c1-33-24(39)25(32)3-2-5-37(13-25)20-12-35-19(16-9-18(30)21(10-17(16)29)41-26(27,28)40)8-14(20)7-15-11-36-23-22(31)34-4-6-38(15)23;1-2/h4,6,8-12,40H,2-3,5,7,13,32H2,1H3,(H2,31,34)(H,33,39);1-2H3. The third kappa shape index (κ3) is 6.73. The topological polar surface area (TPSA) is 157 Å². The number of pyridine rings is 1. The van der Waals surface area contributed by atoms with Crippen LogP contribution in [-0.2, 0) is 11.2 Å². The van der Waals surface area contributed by atoms with Gasteiger partial charge in [-0.05, 0) is 30.5 Å². The maximum atomic E-state index is 15.2. The monoisotopic (exact) mass is 588 g/mol. The first-order chi connectivity index (χ1) is 20.4. The fraction of sp³-hybridized carbons (Fsp3) is 0.357. The number of anilines is 2. The Morgan fingerprint density at radius 2 is 1.93 bits per heavy atom. The molecule has 11 nitrogen and oxygen atoms in total. The molecule has 1 unspecified atom stereocenters. The van der Waals surface area contributed by atoms with Crippen LogP contribution in [0.4, 0.5) is 20.3 Å². The van der Waals surface area contributed by atoms with Gasteiger partial charge in [-0.15, -0.1) is 0 Å². The third-order valence-corrected chi connectivity index (χ3v) is 6.98. The number of carbonyl (C=O) groups is 1. The minimum Gasteiger partial charge on any atom is -0.478 e. The number of nitrogens with zero attached hydrogens (tertiary/aromatic N) is 5. The van der Waals surface area contributed by atoms with Gasteiger partial charge in [0.25, 0.3) is 0 Å². The van der Waals surface area contributed by atoms with Gasteiger partial charge in [0, 0.05) is 62.5 Å². The largest absolute Gasteiger partial charge is 0.478 e. The Bertz CT molecular complexity index is 1630. The molecule has 3 aromatic heterocycles. The van der Waals surface area contributed by atoms with Crippen molar-refractivity contribution in [3.05, 3.63) is 65.9 Å². The lowest BCUT2D eigenvalue weighted by molar-refractivity contribution is -0.126. The number of nitrogens with one attached hydrogen (secondary N) is 1. The molecule has 4 heterocycles. The van der Waals surface area contributed by atoms with Crippen molar-refractivity contribution in [3.8, 4) is 17.0 Å². The molecule has 1 saturated heterocycles. The quantitative estimate of drug-likeness (QED) is 0.186. The van der Waals surface area contributed by atoms with Crippen LogP contribution >= 0.6 is 0 Å². The van der Waals surface area contributed by atoms with E-state index in [0.29, 0.717) is 42.7 Å². The zero-order valence-electron chi connectivity index (χ0n) is 24.1. The number of aromatic nitrogens is 4. The predicted molar refractivity (Wildman–Crippen MR) is 161 cm³/mol. The molecule has 1 amide bonds. The fourth-order valence-electron chi connectivity index (χ4n) is 5.08. The lowest BCUT2D eigenvalue weighted by Gasteiger charge is -2.40. The van der Waals surface area contributed by atoms with Crippen LogP contribution in [0, 0.1) is 11.6 Å². The zero-order valence-corrected chi connectivity index (χ0v) is 24.1. The van der Waals surface area contributed by atoms with Gasteiger partial charge in [-0.3, -0.25) is 14.2 Å². The molecule has 0 saturated carbocycles. The Morgan fingerprint density at radius 1 is 1.19 bits per heavy atom. The number of halogens is 2. The molecule has 222 valence electrons. The first kappa shape index (κ1) is 31.7. The summed E-state index contributed by atoms with van der Waals surface area (Å²) in [6.45, 7) is 4.82.